The van der Waals surface area contributed by atoms with Gasteiger partial charge in [-0.2, -0.15) is 5.10 Å². The quantitative estimate of drug-likeness (QED) is 0.798. The number of hydrogen-bond acceptors (Lipinski definition) is 4. The Balaban J connectivity index is 1.39. The lowest BCUT2D eigenvalue weighted by molar-refractivity contribution is 0.0955. The minimum Gasteiger partial charge on any atom is -0.350 e. The molecule has 2 heterocycles. The van der Waals surface area contributed by atoms with E-state index >= 15 is 0 Å². The predicted molar refractivity (Wildman–Crippen MR) is 88.0 cm³/mol. The number of carbonyl (C=O) groups is 1. The maximum atomic E-state index is 12.3. The number of nitrogens with one attached hydrogen (secondary N) is 2. The van der Waals surface area contributed by atoms with Crippen LogP contribution in [0.15, 0.2) is 11.4 Å². The highest BCUT2D eigenvalue weighted by Crippen LogP contribution is 2.43. The van der Waals surface area contributed by atoms with Crippen molar-refractivity contribution in [2.24, 2.45) is 0 Å². The first-order valence-electron chi connectivity index (χ1n) is 7.74. The molecule has 116 valence electrons. The van der Waals surface area contributed by atoms with Crippen LogP contribution in [-0.2, 0) is 6.54 Å². The van der Waals surface area contributed by atoms with Crippen LogP contribution in [0.2, 0.25) is 0 Å². The van der Waals surface area contributed by atoms with E-state index in [4.69, 9.17) is 12.2 Å². The molecule has 2 fully saturated rings. The Hall–Kier alpha value is -1.47. The van der Waals surface area contributed by atoms with E-state index in [9.17, 15) is 4.79 Å². The van der Waals surface area contributed by atoms with E-state index in [1.807, 2.05) is 9.95 Å². The molecule has 5 nitrogen and oxygen atoms in total. The van der Waals surface area contributed by atoms with E-state index in [1.165, 1.54) is 42.6 Å². The van der Waals surface area contributed by atoms with Gasteiger partial charge in [0.2, 0.25) is 0 Å². The molecule has 0 aromatic carbocycles. The highest BCUT2D eigenvalue weighted by molar-refractivity contribution is 7.71. The fourth-order valence-corrected chi connectivity index (χ4v) is 3.91. The molecule has 4 rings (SSSR count). The number of nitrogens with zero attached hydrogens (tertiary/aromatic N) is 2. The number of aromatic amines is 1. The van der Waals surface area contributed by atoms with Crippen LogP contribution in [0.3, 0.4) is 0 Å². The fraction of sp³-hybridized carbons (Fsp3) is 0.533. The van der Waals surface area contributed by atoms with Gasteiger partial charge in [0.1, 0.15) is 5.82 Å². The number of amides is 1. The number of carbonyl (C=O) groups excluding carboxylic acids is 1. The maximum Gasteiger partial charge on any atom is 0.261 e. The van der Waals surface area contributed by atoms with E-state index in [1.54, 1.807) is 0 Å². The SMILES string of the molecule is O=C(NCCn1c(C2CC2)n[nH]c1=S)c1sccc1C1CC1. The van der Waals surface area contributed by atoms with Gasteiger partial charge in [-0.05, 0) is 60.8 Å². The van der Waals surface area contributed by atoms with Crippen LogP contribution in [0, 0.1) is 4.77 Å². The molecule has 0 saturated heterocycles. The number of aromatic nitrogens is 3. The van der Waals surface area contributed by atoms with Crippen molar-refractivity contribution in [1.29, 1.82) is 0 Å². The smallest absolute Gasteiger partial charge is 0.261 e. The van der Waals surface area contributed by atoms with Crippen molar-refractivity contribution < 1.29 is 4.79 Å². The van der Waals surface area contributed by atoms with E-state index in [-0.39, 0.29) is 5.91 Å². The molecule has 0 aliphatic heterocycles. The molecule has 0 unspecified atom stereocenters. The molecule has 2 N–H and O–H groups in total. The first-order valence-corrected chi connectivity index (χ1v) is 9.03. The Bertz CT molecular complexity index is 752. The summed E-state index contributed by atoms with van der Waals surface area (Å²) in [5.41, 5.74) is 1.22. The van der Waals surface area contributed by atoms with Gasteiger partial charge >= 0.3 is 0 Å². The lowest BCUT2D eigenvalue weighted by atomic mass is 10.1. The van der Waals surface area contributed by atoms with Gasteiger partial charge in [-0.1, -0.05) is 0 Å². The fourth-order valence-electron chi connectivity index (χ4n) is 2.78. The lowest BCUT2D eigenvalue weighted by Crippen LogP contribution is -2.27. The third kappa shape index (κ3) is 2.75. The van der Waals surface area contributed by atoms with Crippen molar-refractivity contribution in [3.63, 3.8) is 0 Å². The maximum absolute atomic E-state index is 12.3. The van der Waals surface area contributed by atoms with Gasteiger partial charge in [0.15, 0.2) is 4.77 Å². The monoisotopic (exact) mass is 334 g/mol. The second-order valence-corrected chi connectivity index (χ2v) is 7.35. The number of rotatable bonds is 6. The first kappa shape index (κ1) is 14.1. The summed E-state index contributed by atoms with van der Waals surface area (Å²) >= 11 is 6.81. The molecule has 0 atom stereocenters. The van der Waals surface area contributed by atoms with Gasteiger partial charge in [0.05, 0.1) is 4.88 Å². The van der Waals surface area contributed by atoms with Crippen molar-refractivity contribution in [1.82, 2.24) is 20.1 Å². The Morgan fingerprint density at radius 2 is 2.18 bits per heavy atom. The van der Waals surface area contributed by atoms with Gasteiger partial charge in [-0.3, -0.25) is 9.89 Å². The van der Waals surface area contributed by atoms with E-state index in [0.29, 0.717) is 29.7 Å². The molecule has 22 heavy (non-hydrogen) atoms. The standard InChI is InChI=1S/C15H18N4OS2/c20-14(12-11(5-8-22-12)9-1-2-9)16-6-7-19-13(10-3-4-10)17-18-15(19)21/h5,8-10H,1-4,6-7H2,(H,16,20)(H,18,21). The van der Waals surface area contributed by atoms with E-state index in [0.717, 1.165) is 10.7 Å². The molecular formula is C15H18N4OS2. The zero-order valence-corrected chi connectivity index (χ0v) is 13.8. The minimum absolute atomic E-state index is 0.0416. The van der Waals surface area contributed by atoms with Gasteiger partial charge in [0, 0.05) is 19.0 Å². The molecule has 0 spiro atoms. The van der Waals surface area contributed by atoms with Crippen LogP contribution in [0.5, 0.6) is 0 Å². The summed E-state index contributed by atoms with van der Waals surface area (Å²) in [7, 11) is 0. The van der Waals surface area contributed by atoms with Gasteiger partial charge < -0.3 is 9.88 Å². The second kappa shape index (κ2) is 5.62. The molecule has 7 heteroatoms. The molecule has 2 aliphatic carbocycles. The van der Waals surface area contributed by atoms with Crippen LogP contribution in [0.4, 0.5) is 0 Å². The summed E-state index contributed by atoms with van der Waals surface area (Å²) < 4.78 is 2.66. The Kier molecular flexibility index (Phi) is 3.62. The summed E-state index contributed by atoms with van der Waals surface area (Å²) in [6.45, 7) is 1.26. The number of hydrogen-bond donors (Lipinski definition) is 2. The van der Waals surface area contributed by atoms with Crippen molar-refractivity contribution in [3.8, 4) is 0 Å². The summed E-state index contributed by atoms with van der Waals surface area (Å²) in [6, 6.07) is 2.09. The Morgan fingerprint density at radius 1 is 1.41 bits per heavy atom. The van der Waals surface area contributed by atoms with Crippen molar-refractivity contribution >= 4 is 29.5 Å². The molecule has 2 saturated carbocycles. The zero-order valence-electron chi connectivity index (χ0n) is 12.2. The third-order valence-electron chi connectivity index (χ3n) is 4.27. The third-order valence-corrected chi connectivity index (χ3v) is 5.51. The van der Waals surface area contributed by atoms with Gasteiger partial charge in [-0.25, -0.2) is 0 Å². The highest BCUT2D eigenvalue weighted by atomic mass is 32.1. The van der Waals surface area contributed by atoms with Gasteiger partial charge in [0.25, 0.3) is 5.91 Å². The largest absolute Gasteiger partial charge is 0.350 e. The van der Waals surface area contributed by atoms with Crippen LogP contribution in [-0.4, -0.2) is 27.2 Å². The molecule has 1 amide bonds. The Morgan fingerprint density at radius 3 is 2.91 bits per heavy atom. The molecule has 0 bridgehead atoms. The van der Waals surface area contributed by atoms with E-state index in [2.05, 4.69) is 21.6 Å². The normalized spacial score (nSPS) is 17.6. The second-order valence-electron chi connectivity index (χ2n) is 6.05. The average Bonchev–Trinajstić information content (AvgIpc) is 3.44. The van der Waals surface area contributed by atoms with Crippen molar-refractivity contribution in [2.75, 3.05) is 6.54 Å². The van der Waals surface area contributed by atoms with Crippen LogP contribution >= 0.6 is 23.6 Å². The van der Waals surface area contributed by atoms with Crippen molar-refractivity contribution in [2.45, 2.75) is 44.1 Å². The summed E-state index contributed by atoms with van der Waals surface area (Å²) in [5, 5.41) is 12.2. The molecular weight excluding hydrogens is 316 g/mol. The summed E-state index contributed by atoms with van der Waals surface area (Å²) in [4.78, 5) is 13.2. The number of H-pyrrole nitrogens is 1. The van der Waals surface area contributed by atoms with E-state index < -0.39 is 0 Å². The topological polar surface area (TPSA) is 62.7 Å². The zero-order chi connectivity index (χ0) is 15.1. The minimum atomic E-state index is 0.0416. The van der Waals surface area contributed by atoms with Crippen LogP contribution in [0.1, 0.15) is 58.6 Å². The highest BCUT2D eigenvalue weighted by Gasteiger charge is 2.30. The Labute approximate surface area is 137 Å². The van der Waals surface area contributed by atoms with Gasteiger partial charge in [-0.15, -0.1) is 11.3 Å². The summed E-state index contributed by atoms with van der Waals surface area (Å²) in [6.07, 6.45) is 4.80. The first-order chi connectivity index (χ1) is 10.7. The molecule has 2 aliphatic rings. The van der Waals surface area contributed by atoms with Crippen molar-refractivity contribution in [3.05, 3.63) is 32.5 Å². The number of thiophene rings is 1. The van der Waals surface area contributed by atoms with Crippen LogP contribution < -0.4 is 5.32 Å². The average molecular weight is 334 g/mol. The molecule has 0 radical (unpaired) electrons. The van der Waals surface area contributed by atoms with Crippen LogP contribution in [0.25, 0.3) is 0 Å². The lowest BCUT2D eigenvalue weighted by Gasteiger charge is -2.08. The predicted octanol–water partition coefficient (Wildman–Crippen LogP) is 3.19. The molecule has 2 aromatic heterocycles. The summed E-state index contributed by atoms with van der Waals surface area (Å²) in [5.74, 6) is 2.23. The molecule has 2 aromatic rings.